The largest absolute Gasteiger partial charge is 0.497 e. The summed E-state index contributed by atoms with van der Waals surface area (Å²) in [5.41, 5.74) is 0.889. The van der Waals surface area contributed by atoms with E-state index in [0.717, 1.165) is 11.3 Å². The molecule has 1 heterocycles. The average molecular weight is 360 g/mol. The maximum atomic E-state index is 12.2. The van der Waals surface area contributed by atoms with Gasteiger partial charge >= 0.3 is 5.97 Å². The first kappa shape index (κ1) is 19.5. The quantitative estimate of drug-likeness (QED) is 0.673. The number of hydrogen-bond acceptors (Lipinski definition) is 6. The van der Waals surface area contributed by atoms with Gasteiger partial charge in [-0.2, -0.15) is 0 Å². The zero-order chi connectivity index (χ0) is 19.1. The summed E-state index contributed by atoms with van der Waals surface area (Å²) < 4.78 is 15.5. The van der Waals surface area contributed by atoms with E-state index in [0.29, 0.717) is 24.6 Å². The van der Waals surface area contributed by atoms with Crippen molar-refractivity contribution in [1.29, 1.82) is 0 Å². The smallest absolute Gasteiger partial charge is 0.310 e. The van der Waals surface area contributed by atoms with Crippen LogP contribution in [0.25, 0.3) is 11.3 Å². The fourth-order valence-corrected chi connectivity index (χ4v) is 2.51. The monoisotopic (exact) mass is 360 g/mol. The number of oxazole rings is 1. The van der Waals surface area contributed by atoms with Crippen LogP contribution in [-0.2, 0) is 20.7 Å². The van der Waals surface area contributed by atoms with Crippen LogP contribution >= 0.6 is 0 Å². The van der Waals surface area contributed by atoms with Crippen molar-refractivity contribution in [2.24, 2.45) is 5.92 Å². The van der Waals surface area contributed by atoms with Crippen LogP contribution in [0, 0.1) is 5.92 Å². The Morgan fingerprint density at radius 2 is 1.92 bits per heavy atom. The van der Waals surface area contributed by atoms with Crippen molar-refractivity contribution in [2.75, 3.05) is 27.8 Å². The Morgan fingerprint density at radius 3 is 2.54 bits per heavy atom. The lowest BCUT2D eigenvalue weighted by atomic mass is 10.1. The van der Waals surface area contributed by atoms with Gasteiger partial charge in [-0.15, -0.1) is 0 Å². The van der Waals surface area contributed by atoms with Gasteiger partial charge in [-0.05, 0) is 24.3 Å². The molecule has 0 spiro atoms. The zero-order valence-electron chi connectivity index (χ0n) is 15.5. The average Bonchev–Trinajstić information content (AvgIpc) is 3.14. The molecule has 0 saturated carbocycles. The molecule has 7 nitrogen and oxygen atoms in total. The van der Waals surface area contributed by atoms with Crippen molar-refractivity contribution < 1.29 is 23.5 Å². The molecule has 0 fully saturated rings. The van der Waals surface area contributed by atoms with E-state index in [2.05, 4.69) is 9.72 Å². The third-order valence-corrected chi connectivity index (χ3v) is 4.06. The molecule has 0 N–H and O–H groups in total. The maximum Gasteiger partial charge on any atom is 0.310 e. The number of aryl methyl sites for hydroxylation is 1. The molecule has 0 aliphatic rings. The molecular weight excluding hydrogens is 336 g/mol. The summed E-state index contributed by atoms with van der Waals surface area (Å²) in [6.07, 6.45) is 2.30. The second-order valence-corrected chi connectivity index (χ2v) is 6.05. The number of rotatable bonds is 8. The van der Waals surface area contributed by atoms with Crippen molar-refractivity contribution >= 4 is 11.9 Å². The van der Waals surface area contributed by atoms with Gasteiger partial charge in [0, 0.05) is 32.0 Å². The fourth-order valence-electron chi connectivity index (χ4n) is 2.51. The molecule has 1 atom stereocenters. The van der Waals surface area contributed by atoms with Crippen molar-refractivity contribution in [3.8, 4) is 17.1 Å². The predicted molar refractivity (Wildman–Crippen MR) is 95.6 cm³/mol. The van der Waals surface area contributed by atoms with E-state index in [4.69, 9.17) is 9.15 Å². The van der Waals surface area contributed by atoms with Gasteiger partial charge in [-0.3, -0.25) is 9.59 Å². The molecule has 1 aromatic heterocycles. The lowest BCUT2D eigenvalue weighted by Gasteiger charge is -2.20. The molecule has 2 rings (SSSR count). The molecule has 2 aromatic rings. The van der Waals surface area contributed by atoms with Crippen LogP contribution in [-0.4, -0.2) is 49.6 Å². The van der Waals surface area contributed by atoms with Crippen LogP contribution in [0.3, 0.4) is 0 Å². The van der Waals surface area contributed by atoms with Crippen molar-refractivity contribution in [3.63, 3.8) is 0 Å². The number of carbonyl (C=O) groups is 2. The van der Waals surface area contributed by atoms with E-state index in [9.17, 15) is 9.59 Å². The standard InChI is InChI=1S/C19H24N2O5/c1-13(19(23)25-4)12-21(2)18(22)10-9-17-20-11-16(26-17)14-5-7-15(24-3)8-6-14/h5-8,11,13H,9-10,12H2,1-4H3. The number of ether oxygens (including phenoxy) is 2. The van der Waals surface area contributed by atoms with E-state index in [-0.39, 0.29) is 24.2 Å². The molecule has 1 aromatic carbocycles. The van der Waals surface area contributed by atoms with Crippen LogP contribution in [0.2, 0.25) is 0 Å². The summed E-state index contributed by atoms with van der Waals surface area (Å²) in [6, 6.07) is 7.46. The molecule has 0 radical (unpaired) electrons. The van der Waals surface area contributed by atoms with Crippen LogP contribution in [0.1, 0.15) is 19.2 Å². The Hall–Kier alpha value is -2.83. The summed E-state index contributed by atoms with van der Waals surface area (Å²) in [5, 5.41) is 0. The highest BCUT2D eigenvalue weighted by Gasteiger charge is 2.19. The van der Waals surface area contributed by atoms with Gasteiger partial charge in [0.1, 0.15) is 5.75 Å². The van der Waals surface area contributed by atoms with Gasteiger partial charge in [-0.1, -0.05) is 6.92 Å². The minimum atomic E-state index is -0.364. The minimum Gasteiger partial charge on any atom is -0.497 e. The third kappa shape index (κ3) is 5.08. The van der Waals surface area contributed by atoms with Gasteiger partial charge in [0.05, 0.1) is 26.3 Å². The van der Waals surface area contributed by atoms with Gasteiger partial charge < -0.3 is 18.8 Å². The van der Waals surface area contributed by atoms with Gasteiger partial charge in [0.15, 0.2) is 11.7 Å². The molecule has 1 unspecified atom stereocenters. The summed E-state index contributed by atoms with van der Waals surface area (Å²) in [7, 11) is 4.62. The van der Waals surface area contributed by atoms with Crippen LogP contribution < -0.4 is 4.74 Å². The van der Waals surface area contributed by atoms with Crippen LogP contribution in [0.5, 0.6) is 5.75 Å². The highest BCUT2D eigenvalue weighted by atomic mass is 16.5. The second-order valence-electron chi connectivity index (χ2n) is 6.05. The molecular formula is C19H24N2O5. The summed E-state index contributed by atoms with van der Waals surface area (Å²) in [4.78, 5) is 29.4. The van der Waals surface area contributed by atoms with Gasteiger partial charge in [0.2, 0.25) is 5.91 Å². The van der Waals surface area contributed by atoms with E-state index in [1.54, 1.807) is 27.3 Å². The Balaban J connectivity index is 1.88. The second kappa shape index (κ2) is 9.03. The number of esters is 1. The summed E-state index contributed by atoms with van der Waals surface area (Å²) in [6.45, 7) is 2.04. The van der Waals surface area contributed by atoms with Gasteiger partial charge in [0.25, 0.3) is 0 Å². The number of hydrogen-bond donors (Lipinski definition) is 0. The normalized spacial score (nSPS) is 11.7. The molecule has 0 bridgehead atoms. The maximum absolute atomic E-state index is 12.2. The van der Waals surface area contributed by atoms with Crippen LogP contribution in [0.4, 0.5) is 0 Å². The van der Waals surface area contributed by atoms with Gasteiger partial charge in [-0.25, -0.2) is 4.98 Å². The molecule has 7 heteroatoms. The van der Waals surface area contributed by atoms with Crippen molar-refractivity contribution in [1.82, 2.24) is 9.88 Å². The molecule has 1 amide bonds. The fraction of sp³-hybridized carbons (Fsp3) is 0.421. The Kier molecular flexibility index (Phi) is 6.77. The Morgan fingerprint density at radius 1 is 1.23 bits per heavy atom. The number of benzene rings is 1. The number of nitrogens with zero attached hydrogens (tertiary/aromatic N) is 2. The topological polar surface area (TPSA) is 81.9 Å². The highest BCUT2D eigenvalue weighted by molar-refractivity contribution is 5.77. The third-order valence-electron chi connectivity index (χ3n) is 4.06. The number of carbonyl (C=O) groups excluding carboxylic acids is 2. The number of amides is 1. The highest BCUT2D eigenvalue weighted by Crippen LogP contribution is 2.23. The molecule has 140 valence electrons. The van der Waals surface area contributed by atoms with E-state index in [1.165, 1.54) is 12.0 Å². The van der Waals surface area contributed by atoms with Crippen molar-refractivity contribution in [3.05, 3.63) is 36.4 Å². The zero-order valence-corrected chi connectivity index (χ0v) is 15.5. The van der Waals surface area contributed by atoms with E-state index < -0.39 is 0 Å². The molecule has 0 aliphatic carbocycles. The first-order chi connectivity index (χ1) is 12.4. The van der Waals surface area contributed by atoms with E-state index in [1.807, 2.05) is 24.3 Å². The number of aromatic nitrogens is 1. The summed E-state index contributed by atoms with van der Waals surface area (Å²) >= 11 is 0. The molecule has 0 saturated heterocycles. The minimum absolute atomic E-state index is 0.0787. The molecule has 26 heavy (non-hydrogen) atoms. The molecule has 0 aliphatic heterocycles. The van der Waals surface area contributed by atoms with Crippen molar-refractivity contribution in [2.45, 2.75) is 19.8 Å². The first-order valence-corrected chi connectivity index (χ1v) is 8.35. The number of methoxy groups -OCH3 is 2. The summed E-state index contributed by atoms with van der Waals surface area (Å²) in [5.74, 6) is 1.13. The van der Waals surface area contributed by atoms with E-state index >= 15 is 0 Å². The lowest BCUT2D eigenvalue weighted by molar-refractivity contribution is -0.146. The first-order valence-electron chi connectivity index (χ1n) is 8.35. The predicted octanol–water partition coefficient (Wildman–Crippen LogP) is 2.55. The Labute approximate surface area is 152 Å². The Bertz CT molecular complexity index is 739. The van der Waals surface area contributed by atoms with Crippen LogP contribution in [0.15, 0.2) is 34.9 Å². The SMILES string of the molecule is COC(=O)C(C)CN(C)C(=O)CCc1ncc(-c2ccc(OC)cc2)o1. The lowest BCUT2D eigenvalue weighted by Crippen LogP contribution is -2.34.